The van der Waals surface area contributed by atoms with Crippen LogP contribution in [0.3, 0.4) is 0 Å². The van der Waals surface area contributed by atoms with Crippen molar-refractivity contribution in [3.05, 3.63) is 46.5 Å². The number of hydrogen-bond donors (Lipinski definition) is 0. The fourth-order valence-corrected chi connectivity index (χ4v) is 2.05. The van der Waals surface area contributed by atoms with Crippen LogP contribution in [0.15, 0.2) is 30.9 Å². The van der Waals surface area contributed by atoms with Gasteiger partial charge in [0.05, 0.1) is 18.5 Å². The third kappa shape index (κ3) is 2.76. The molecule has 0 aliphatic carbocycles. The maximum absolute atomic E-state index is 9.17. The molecule has 0 bridgehead atoms. The van der Waals surface area contributed by atoms with E-state index in [0.717, 1.165) is 5.56 Å². The standard InChI is InChI=1S/C11H8Cl2N4/c12-9-1-2-10(11(13)3-9)8(4-14)5-17-7-15-6-16-17/h1-3,6-8H,5H2. The molecule has 2 aromatic rings. The van der Waals surface area contributed by atoms with E-state index in [2.05, 4.69) is 16.2 Å². The van der Waals surface area contributed by atoms with Crippen LogP contribution in [-0.2, 0) is 6.54 Å². The molecule has 1 aromatic heterocycles. The molecule has 1 aromatic carbocycles. The van der Waals surface area contributed by atoms with Crippen molar-refractivity contribution in [3.8, 4) is 6.07 Å². The van der Waals surface area contributed by atoms with E-state index in [1.165, 1.54) is 6.33 Å². The van der Waals surface area contributed by atoms with Gasteiger partial charge in [-0.1, -0.05) is 29.3 Å². The summed E-state index contributed by atoms with van der Waals surface area (Å²) in [6.07, 6.45) is 2.99. The van der Waals surface area contributed by atoms with Crippen LogP contribution >= 0.6 is 23.2 Å². The molecule has 86 valence electrons. The SMILES string of the molecule is N#CC(Cn1cncn1)c1ccc(Cl)cc1Cl. The van der Waals surface area contributed by atoms with Crippen molar-refractivity contribution in [2.24, 2.45) is 0 Å². The predicted molar refractivity (Wildman–Crippen MR) is 64.8 cm³/mol. The van der Waals surface area contributed by atoms with Crippen molar-refractivity contribution in [1.82, 2.24) is 14.8 Å². The minimum Gasteiger partial charge on any atom is -0.251 e. The third-order valence-corrected chi connectivity index (χ3v) is 2.89. The van der Waals surface area contributed by atoms with Crippen LogP contribution in [0, 0.1) is 11.3 Å². The molecular formula is C11H8Cl2N4. The van der Waals surface area contributed by atoms with E-state index in [1.54, 1.807) is 29.2 Å². The first-order valence-electron chi connectivity index (χ1n) is 4.87. The molecule has 0 saturated carbocycles. The van der Waals surface area contributed by atoms with Gasteiger partial charge in [-0.15, -0.1) is 0 Å². The average Bonchev–Trinajstić information content (AvgIpc) is 2.79. The van der Waals surface area contributed by atoms with Gasteiger partial charge in [0, 0.05) is 10.0 Å². The van der Waals surface area contributed by atoms with Gasteiger partial charge in [-0.3, -0.25) is 4.68 Å². The van der Waals surface area contributed by atoms with Gasteiger partial charge in [-0.25, -0.2) is 4.98 Å². The van der Waals surface area contributed by atoms with E-state index in [9.17, 15) is 0 Å². The second kappa shape index (κ2) is 5.17. The summed E-state index contributed by atoms with van der Waals surface area (Å²) in [6, 6.07) is 7.31. The molecule has 1 unspecified atom stereocenters. The van der Waals surface area contributed by atoms with Gasteiger partial charge in [-0.2, -0.15) is 10.4 Å². The summed E-state index contributed by atoms with van der Waals surface area (Å²) in [4.78, 5) is 3.83. The Morgan fingerprint density at radius 1 is 1.41 bits per heavy atom. The molecule has 0 radical (unpaired) electrons. The number of nitriles is 1. The van der Waals surface area contributed by atoms with Crippen LogP contribution in [0.4, 0.5) is 0 Å². The Kier molecular flexibility index (Phi) is 3.62. The van der Waals surface area contributed by atoms with Crippen molar-refractivity contribution in [1.29, 1.82) is 5.26 Å². The fraction of sp³-hybridized carbons (Fsp3) is 0.182. The molecule has 0 aliphatic rings. The van der Waals surface area contributed by atoms with Gasteiger partial charge >= 0.3 is 0 Å². The van der Waals surface area contributed by atoms with Crippen molar-refractivity contribution in [2.75, 3.05) is 0 Å². The van der Waals surface area contributed by atoms with Gasteiger partial charge in [0.2, 0.25) is 0 Å². The molecule has 1 heterocycles. The van der Waals surface area contributed by atoms with Crippen molar-refractivity contribution in [2.45, 2.75) is 12.5 Å². The molecule has 0 amide bonds. The zero-order chi connectivity index (χ0) is 12.3. The molecule has 1 atom stereocenters. The van der Waals surface area contributed by atoms with Gasteiger partial charge in [0.15, 0.2) is 0 Å². The Hall–Kier alpha value is -1.57. The highest BCUT2D eigenvalue weighted by molar-refractivity contribution is 6.35. The van der Waals surface area contributed by atoms with E-state index in [1.807, 2.05) is 0 Å². The van der Waals surface area contributed by atoms with E-state index < -0.39 is 0 Å². The van der Waals surface area contributed by atoms with Gasteiger partial charge in [0.1, 0.15) is 12.7 Å². The summed E-state index contributed by atoms with van der Waals surface area (Å²) in [6.45, 7) is 0.415. The number of rotatable bonds is 3. The maximum atomic E-state index is 9.17. The summed E-state index contributed by atoms with van der Waals surface area (Å²) < 4.78 is 1.60. The zero-order valence-corrected chi connectivity index (χ0v) is 10.2. The smallest absolute Gasteiger partial charge is 0.137 e. The van der Waals surface area contributed by atoms with Crippen molar-refractivity contribution in [3.63, 3.8) is 0 Å². The summed E-state index contributed by atoms with van der Waals surface area (Å²) in [5.41, 5.74) is 0.745. The minimum atomic E-state index is -0.374. The maximum Gasteiger partial charge on any atom is 0.137 e. The lowest BCUT2D eigenvalue weighted by molar-refractivity contribution is 0.577. The normalized spacial score (nSPS) is 12.1. The predicted octanol–water partition coefficient (Wildman–Crippen LogP) is 2.89. The average molecular weight is 267 g/mol. The fourth-order valence-electron chi connectivity index (χ4n) is 1.51. The molecule has 0 spiro atoms. The Bertz CT molecular complexity index is 545. The highest BCUT2D eigenvalue weighted by atomic mass is 35.5. The first kappa shape index (κ1) is 11.9. The van der Waals surface area contributed by atoms with Gasteiger partial charge < -0.3 is 0 Å². The summed E-state index contributed by atoms with van der Waals surface area (Å²) in [5.74, 6) is -0.374. The van der Waals surface area contributed by atoms with Crippen molar-refractivity contribution < 1.29 is 0 Å². The van der Waals surface area contributed by atoms with Crippen LogP contribution in [0.2, 0.25) is 10.0 Å². The zero-order valence-electron chi connectivity index (χ0n) is 8.72. The molecular weight excluding hydrogens is 259 g/mol. The molecule has 6 heteroatoms. The Labute approximate surface area is 108 Å². The van der Waals surface area contributed by atoms with Crippen molar-refractivity contribution >= 4 is 23.2 Å². The molecule has 0 fully saturated rings. The number of aromatic nitrogens is 3. The molecule has 4 nitrogen and oxygen atoms in total. The number of benzene rings is 1. The summed E-state index contributed by atoms with van der Waals surface area (Å²) >= 11 is 11.9. The minimum absolute atomic E-state index is 0.374. The van der Waals surface area contributed by atoms with Crippen LogP contribution in [-0.4, -0.2) is 14.8 Å². The van der Waals surface area contributed by atoms with Gasteiger partial charge in [0.25, 0.3) is 0 Å². The van der Waals surface area contributed by atoms with Crippen LogP contribution < -0.4 is 0 Å². The van der Waals surface area contributed by atoms with E-state index in [4.69, 9.17) is 28.5 Å². The monoisotopic (exact) mass is 266 g/mol. The highest BCUT2D eigenvalue weighted by Crippen LogP contribution is 2.28. The Morgan fingerprint density at radius 2 is 2.24 bits per heavy atom. The van der Waals surface area contributed by atoms with E-state index in [0.29, 0.717) is 16.6 Å². The first-order chi connectivity index (χ1) is 8.20. The highest BCUT2D eigenvalue weighted by Gasteiger charge is 2.15. The summed E-state index contributed by atoms with van der Waals surface area (Å²) in [7, 11) is 0. The second-order valence-electron chi connectivity index (χ2n) is 3.47. The molecule has 0 aliphatic heterocycles. The van der Waals surface area contributed by atoms with Crippen LogP contribution in [0.5, 0.6) is 0 Å². The molecule has 2 rings (SSSR count). The second-order valence-corrected chi connectivity index (χ2v) is 4.31. The topological polar surface area (TPSA) is 54.5 Å². The van der Waals surface area contributed by atoms with Crippen LogP contribution in [0.1, 0.15) is 11.5 Å². The number of halogens is 2. The number of hydrogen-bond acceptors (Lipinski definition) is 3. The molecule has 0 N–H and O–H groups in total. The number of nitrogens with zero attached hydrogens (tertiary/aromatic N) is 4. The summed E-state index contributed by atoms with van der Waals surface area (Å²) in [5, 5.41) is 14.2. The van der Waals surface area contributed by atoms with E-state index >= 15 is 0 Å². The quantitative estimate of drug-likeness (QED) is 0.859. The van der Waals surface area contributed by atoms with Crippen LogP contribution in [0.25, 0.3) is 0 Å². The lowest BCUT2D eigenvalue weighted by atomic mass is 10.0. The Balaban J connectivity index is 2.27. The lowest BCUT2D eigenvalue weighted by Gasteiger charge is -2.11. The third-order valence-electron chi connectivity index (χ3n) is 2.33. The van der Waals surface area contributed by atoms with Gasteiger partial charge in [-0.05, 0) is 17.7 Å². The first-order valence-corrected chi connectivity index (χ1v) is 5.63. The molecule has 17 heavy (non-hydrogen) atoms. The Morgan fingerprint density at radius 3 is 2.82 bits per heavy atom. The van der Waals surface area contributed by atoms with E-state index in [-0.39, 0.29) is 5.92 Å². The lowest BCUT2D eigenvalue weighted by Crippen LogP contribution is -2.08. The largest absolute Gasteiger partial charge is 0.251 e. The molecule has 0 saturated heterocycles.